The predicted molar refractivity (Wildman–Crippen MR) is 52.6 cm³/mol. The molecule has 0 unspecified atom stereocenters. The van der Waals surface area contributed by atoms with Gasteiger partial charge in [0.05, 0.1) is 6.20 Å². The first kappa shape index (κ1) is 10.1. The topological polar surface area (TPSA) is 80.0 Å². The maximum absolute atomic E-state index is 10.6. The van der Waals surface area contributed by atoms with Crippen molar-refractivity contribution in [2.24, 2.45) is 5.92 Å². The summed E-state index contributed by atoms with van der Waals surface area (Å²) < 4.78 is 1.61. The Bertz CT molecular complexity index is 344. The predicted octanol–water partition coefficient (Wildman–Crippen LogP) is -0.0241. The lowest BCUT2D eigenvalue weighted by molar-refractivity contribution is 0.0690. The van der Waals surface area contributed by atoms with Crippen molar-refractivity contribution in [1.29, 1.82) is 0 Å². The van der Waals surface area contributed by atoms with Crippen LogP contribution in [0.15, 0.2) is 6.20 Å². The van der Waals surface area contributed by atoms with Gasteiger partial charge in [-0.15, -0.1) is 5.10 Å². The van der Waals surface area contributed by atoms with Gasteiger partial charge in [0, 0.05) is 6.54 Å². The third-order valence-corrected chi connectivity index (χ3v) is 2.60. The Morgan fingerprint density at radius 1 is 1.73 bits per heavy atom. The molecule has 6 heteroatoms. The SMILES string of the molecule is O=C(O)c1cn(C[C@H]2CCCNC2)nn1. The molecule has 0 aliphatic carbocycles. The first-order valence-corrected chi connectivity index (χ1v) is 5.10. The maximum Gasteiger partial charge on any atom is 0.358 e. The fourth-order valence-corrected chi connectivity index (χ4v) is 1.83. The molecule has 1 aliphatic rings. The third kappa shape index (κ3) is 2.53. The van der Waals surface area contributed by atoms with Gasteiger partial charge >= 0.3 is 5.97 Å². The second-order valence-electron chi connectivity index (χ2n) is 3.84. The fourth-order valence-electron chi connectivity index (χ4n) is 1.83. The summed E-state index contributed by atoms with van der Waals surface area (Å²) in [6.07, 6.45) is 3.82. The average molecular weight is 210 g/mol. The minimum atomic E-state index is -1.02. The van der Waals surface area contributed by atoms with Crippen LogP contribution < -0.4 is 5.32 Å². The van der Waals surface area contributed by atoms with E-state index >= 15 is 0 Å². The second-order valence-corrected chi connectivity index (χ2v) is 3.84. The number of piperidine rings is 1. The van der Waals surface area contributed by atoms with Crippen molar-refractivity contribution < 1.29 is 9.90 Å². The van der Waals surface area contributed by atoms with Gasteiger partial charge in [-0.05, 0) is 31.8 Å². The van der Waals surface area contributed by atoms with Crippen molar-refractivity contribution in [2.45, 2.75) is 19.4 Å². The van der Waals surface area contributed by atoms with Crippen molar-refractivity contribution >= 4 is 5.97 Å². The van der Waals surface area contributed by atoms with E-state index in [1.807, 2.05) is 0 Å². The van der Waals surface area contributed by atoms with Gasteiger partial charge in [-0.1, -0.05) is 5.21 Å². The molecule has 2 N–H and O–H groups in total. The lowest BCUT2D eigenvalue weighted by Gasteiger charge is -2.22. The van der Waals surface area contributed by atoms with E-state index in [2.05, 4.69) is 15.6 Å². The van der Waals surface area contributed by atoms with Gasteiger partial charge in [0.25, 0.3) is 0 Å². The molecule has 0 aromatic carbocycles. The van der Waals surface area contributed by atoms with E-state index in [4.69, 9.17) is 5.11 Å². The first-order valence-electron chi connectivity index (χ1n) is 5.10. The largest absolute Gasteiger partial charge is 0.476 e. The lowest BCUT2D eigenvalue weighted by atomic mass is 10.00. The number of nitrogens with zero attached hydrogens (tertiary/aromatic N) is 3. The van der Waals surface area contributed by atoms with E-state index in [1.165, 1.54) is 12.6 Å². The lowest BCUT2D eigenvalue weighted by Crippen LogP contribution is -2.32. The molecule has 1 fully saturated rings. The van der Waals surface area contributed by atoms with E-state index in [0.717, 1.165) is 26.1 Å². The molecule has 6 nitrogen and oxygen atoms in total. The van der Waals surface area contributed by atoms with Crippen LogP contribution >= 0.6 is 0 Å². The van der Waals surface area contributed by atoms with E-state index in [1.54, 1.807) is 4.68 Å². The van der Waals surface area contributed by atoms with Crippen LogP contribution in [-0.4, -0.2) is 39.2 Å². The van der Waals surface area contributed by atoms with Gasteiger partial charge in [-0.2, -0.15) is 0 Å². The van der Waals surface area contributed by atoms with Crippen molar-refractivity contribution in [3.05, 3.63) is 11.9 Å². The molecule has 0 saturated carbocycles. The van der Waals surface area contributed by atoms with Gasteiger partial charge in [-0.25, -0.2) is 4.79 Å². The molecule has 1 atom stereocenters. The Kier molecular flexibility index (Phi) is 2.96. The normalized spacial score (nSPS) is 21.5. The Hall–Kier alpha value is -1.43. The highest BCUT2D eigenvalue weighted by Crippen LogP contribution is 2.11. The van der Waals surface area contributed by atoms with Gasteiger partial charge < -0.3 is 10.4 Å². The Morgan fingerprint density at radius 3 is 3.20 bits per heavy atom. The monoisotopic (exact) mass is 210 g/mol. The summed E-state index contributed by atoms with van der Waals surface area (Å²) in [5, 5.41) is 19.3. The van der Waals surface area contributed by atoms with E-state index in [9.17, 15) is 4.79 Å². The van der Waals surface area contributed by atoms with Crippen LogP contribution in [0.5, 0.6) is 0 Å². The summed E-state index contributed by atoms with van der Waals surface area (Å²) >= 11 is 0. The third-order valence-electron chi connectivity index (χ3n) is 2.60. The number of carboxylic acids is 1. The molecule has 1 aromatic heterocycles. The second kappa shape index (κ2) is 4.39. The minimum absolute atomic E-state index is 0.0127. The maximum atomic E-state index is 10.6. The van der Waals surface area contributed by atoms with Crippen molar-refractivity contribution in [3.63, 3.8) is 0 Å². The molecule has 0 spiro atoms. The standard InChI is InChI=1S/C9H14N4O2/c14-9(15)8-6-13(12-11-8)5-7-2-1-3-10-4-7/h6-7,10H,1-5H2,(H,14,15)/t7-/m0/s1. The summed E-state index contributed by atoms with van der Waals surface area (Å²) in [6.45, 7) is 2.80. The van der Waals surface area contributed by atoms with Crippen molar-refractivity contribution in [1.82, 2.24) is 20.3 Å². The van der Waals surface area contributed by atoms with Gasteiger partial charge in [-0.3, -0.25) is 4.68 Å². The summed E-state index contributed by atoms with van der Waals surface area (Å²) in [6, 6.07) is 0. The molecule has 1 aromatic rings. The molecular weight excluding hydrogens is 196 g/mol. The summed E-state index contributed by atoms with van der Waals surface area (Å²) in [5.74, 6) is -0.495. The average Bonchev–Trinajstić information content (AvgIpc) is 2.68. The minimum Gasteiger partial charge on any atom is -0.476 e. The first-order chi connectivity index (χ1) is 7.25. The molecule has 0 bridgehead atoms. The Balaban J connectivity index is 1.94. The summed E-state index contributed by atoms with van der Waals surface area (Å²) in [4.78, 5) is 10.6. The van der Waals surface area contributed by atoms with Gasteiger partial charge in [0.2, 0.25) is 0 Å². The zero-order valence-electron chi connectivity index (χ0n) is 8.39. The van der Waals surface area contributed by atoms with Crippen LogP contribution in [0.25, 0.3) is 0 Å². The number of hydrogen-bond acceptors (Lipinski definition) is 4. The highest BCUT2D eigenvalue weighted by atomic mass is 16.4. The molecule has 15 heavy (non-hydrogen) atoms. The molecule has 1 aliphatic heterocycles. The number of carbonyl (C=O) groups is 1. The number of aromatic carboxylic acids is 1. The molecule has 1 saturated heterocycles. The van der Waals surface area contributed by atoms with Gasteiger partial charge in [0.15, 0.2) is 5.69 Å². The van der Waals surface area contributed by atoms with Crippen LogP contribution in [-0.2, 0) is 6.54 Å². The van der Waals surface area contributed by atoms with Gasteiger partial charge in [0.1, 0.15) is 0 Å². The molecular formula is C9H14N4O2. The Morgan fingerprint density at radius 2 is 2.60 bits per heavy atom. The zero-order chi connectivity index (χ0) is 10.7. The number of nitrogens with one attached hydrogen (secondary N) is 1. The highest BCUT2D eigenvalue weighted by molar-refractivity contribution is 5.84. The Labute approximate surface area is 87.3 Å². The van der Waals surface area contributed by atoms with Crippen LogP contribution in [0.1, 0.15) is 23.3 Å². The zero-order valence-corrected chi connectivity index (χ0v) is 8.39. The van der Waals surface area contributed by atoms with E-state index in [-0.39, 0.29) is 5.69 Å². The molecule has 82 valence electrons. The quantitative estimate of drug-likeness (QED) is 0.732. The number of rotatable bonds is 3. The van der Waals surface area contributed by atoms with Crippen LogP contribution in [0.4, 0.5) is 0 Å². The fraction of sp³-hybridized carbons (Fsp3) is 0.667. The van der Waals surface area contributed by atoms with Crippen molar-refractivity contribution in [2.75, 3.05) is 13.1 Å². The highest BCUT2D eigenvalue weighted by Gasteiger charge is 2.15. The smallest absolute Gasteiger partial charge is 0.358 e. The van der Waals surface area contributed by atoms with Crippen molar-refractivity contribution in [3.8, 4) is 0 Å². The molecule has 2 rings (SSSR count). The summed E-state index contributed by atoms with van der Waals surface area (Å²) in [5.41, 5.74) is 0.0127. The van der Waals surface area contributed by atoms with E-state index < -0.39 is 5.97 Å². The number of carboxylic acid groups (broad SMARTS) is 1. The van der Waals surface area contributed by atoms with Crippen LogP contribution in [0.3, 0.4) is 0 Å². The van der Waals surface area contributed by atoms with Crippen LogP contribution in [0, 0.1) is 5.92 Å². The van der Waals surface area contributed by atoms with Crippen LogP contribution in [0.2, 0.25) is 0 Å². The van der Waals surface area contributed by atoms with E-state index in [0.29, 0.717) is 5.92 Å². The number of aromatic nitrogens is 3. The summed E-state index contributed by atoms with van der Waals surface area (Å²) in [7, 11) is 0. The molecule has 0 radical (unpaired) electrons. The molecule has 2 heterocycles. The molecule has 0 amide bonds. The number of hydrogen-bond donors (Lipinski definition) is 2.